The molecule has 2 atom stereocenters. The Hall–Kier alpha value is -0.120. The minimum absolute atomic E-state index is 0.312. The molecule has 2 fully saturated rings. The van der Waals surface area contributed by atoms with Gasteiger partial charge in [-0.25, -0.2) is 0 Å². The van der Waals surface area contributed by atoms with Crippen molar-refractivity contribution < 1.29 is 9.84 Å². The number of hydrogen-bond donors (Lipinski definition) is 1. The van der Waals surface area contributed by atoms with Crippen LogP contribution in [0.2, 0.25) is 0 Å². The molecule has 1 unspecified atom stereocenters. The van der Waals surface area contributed by atoms with E-state index in [1.54, 1.807) is 0 Å². The Bertz CT molecular complexity index is 136. The Morgan fingerprint density at radius 2 is 2.36 bits per heavy atom. The Labute approximate surface area is 66.9 Å². The fourth-order valence-electron chi connectivity index (χ4n) is 1.78. The highest BCUT2D eigenvalue weighted by atomic mass is 16.6. The van der Waals surface area contributed by atoms with Gasteiger partial charge >= 0.3 is 0 Å². The standard InChI is InChI=1S/C8H15NO2/c10-5-7-2-1-3-9(7)4-8-6-11-8/h7-8,10H,1-6H2/t7-,8?/m1/s1. The Morgan fingerprint density at radius 1 is 1.55 bits per heavy atom. The van der Waals surface area contributed by atoms with Crippen LogP contribution in [0, 0.1) is 0 Å². The van der Waals surface area contributed by atoms with Crippen LogP contribution in [0.25, 0.3) is 0 Å². The smallest absolute Gasteiger partial charge is 0.0936 e. The predicted octanol–water partition coefficient (Wildman–Crippen LogP) is -0.158. The van der Waals surface area contributed by atoms with Gasteiger partial charge in [-0.05, 0) is 19.4 Å². The maximum atomic E-state index is 8.99. The summed E-state index contributed by atoms with van der Waals surface area (Å²) in [4.78, 5) is 2.34. The monoisotopic (exact) mass is 157 g/mol. The largest absolute Gasteiger partial charge is 0.395 e. The van der Waals surface area contributed by atoms with Crippen molar-refractivity contribution >= 4 is 0 Å². The maximum absolute atomic E-state index is 8.99. The average molecular weight is 157 g/mol. The number of aliphatic hydroxyl groups is 1. The number of epoxide rings is 1. The minimum Gasteiger partial charge on any atom is -0.395 e. The summed E-state index contributed by atoms with van der Waals surface area (Å²) in [5.74, 6) is 0. The lowest BCUT2D eigenvalue weighted by Gasteiger charge is -2.21. The van der Waals surface area contributed by atoms with Crippen molar-refractivity contribution in [1.82, 2.24) is 4.90 Å². The molecule has 2 rings (SSSR count). The van der Waals surface area contributed by atoms with Crippen LogP contribution >= 0.6 is 0 Å². The van der Waals surface area contributed by atoms with Gasteiger partial charge in [0, 0.05) is 12.6 Å². The molecule has 0 spiro atoms. The van der Waals surface area contributed by atoms with Gasteiger partial charge in [0.1, 0.15) is 0 Å². The van der Waals surface area contributed by atoms with E-state index in [4.69, 9.17) is 9.84 Å². The maximum Gasteiger partial charge on any atom is 0.0936 e. The number of nitrogens with zero attached hydrogens (tertiary/aromatic N) is 1. The van der Waals surface area contributed by atoms with Gasteiger partial charge in [-0.15, -0.1) is 0 Å². The van der Waals surface area contributed by atoms with Gasteiger partial charge in [0.15, 0.2) is 0 Å². The van der Waals surface area contributed by atoms with Gasteiger partial charge < -0.3 is 9.84 Å². The van der Waals surface area contributed by atoms with Crippen LogP contribution in [0.15, 0.2) is 0 Å². The van der Waals surface area contributed by atoms with E-state index in [0.717, 1.165) is 26.1 Å². The third kappa shape index (κ3) is 1.72. The second-order valence-corrected chi connectivity index (χ2v) is 3.43. The Morgan fingerprint density at radius 3 is 3.00 bits per heavy atom. The molecule has 2 aliphatic heterocycles. The zero-order valence-electron chi connectivity index (χ0n) is 6.70. The van der Waals surface area contributed by atoms with Gasteiger partial charge in [-0.2, -0.15) is 0 Å². The van der Waals surface area contributed by atoms with Gasteiger partial charge in [-0.1, -0.05) is 0 Å². The summed E-state index contributed by atoms with van der Waals surface area (Å²) in [6, 6.07) is 0.416. The highest BCUT2D eigenvalue weighted by Gasteiger charge is 2.31. The van der Waals surface area contributed by atoms with Gasteiger partial charge in [0.2, 0.25) is 0 Å². The summed E-state index contributed by atoms with van der Waals surface area (Å²) >= 11 is 0. The first-order chi connectivity index (χ1) is 5.40. The number of hydrogen-bond acceptors (Lipinski definition) is 3. The molecule has 2 heterocycles. The van der Waals surface area contributed by atoms with Crippen LogP contribution in [-0.4, -0.2) is 48.5 Å². The number of ether oxygens (including phenoxy) is 1. The first-order valence-electron chi connectivity index (χ1n) is 4.36. The third-order valence-electron chi connectivity index (χ3n) is 2.55. The molecule has 0 aromatic carbocycles. The van der Waals surface area contributed by atoms with E-state index in [0.29, 0.717) is 18.8 Å². The fraction of sp³-hybridized carbons (Fsp3) is 1.00. The molecule has 0 aromatic rings. The molecular weight excluding hydrogens is 142 g/mol. The molecule has 0 aliphatic carbocycles. The fourth-order valence-corrected chi connectivity index (χ4v) is 1.78. The molecule has 11 heavy (non-hydrogen) atoms. The van der Waals surface area contributed by atoms with E-state index < -0.39 is 0 Å². The van der Waals surface area contributed by atoms with Crippen molar-refractivity contribution in [2.75, 3.05) is 26.3 Å². The molecular formula is C8H15NO2. The molecule has 2 saturated heterocycles. The molecule has 64 valence electrons. The van der Waals surface area contributed by atoms with E-state index in [-0.39, 0.29) is 0 Å². The number of likely N-dealkylation sites (tertiary alicyclic amines) is 1. The molecule has 0 amide bonds. The molecule has 2 aliphatic rings. The summed E-state index contributed by atoms with van der Waals surface area (Å²) < 4.78 is 5.14. The van der Waals surface area contributed by atoms with Crippen LogP contribution < -0.4 is 0 Å². The topological polar surface area (TPSA) is 36.0 Å². The van der Waals surface area contributed by atoms with Crippen molar-refractivity contribution in [2.24, 2.45) is 0 Å². The number of aliphatic hydroxyl groups excluding tert-OH is 1. The minimum atomic E-state index is 0.312. The first kappa shape index (κ1) is 7.53. The van der Waals surface area contributed by atoms with E-state index in [1.165, 1.54) is 6.42 Å². The molecule has 0 aromatic heterocycles. The first-order valence-corrected chi connectivity index (χ1v) is 4.36. The normalized spacial score (nSPS) is 37.9. The summed E-state index contributed by atoms with van der Waals surface area (Å²) in [6.07, 6.45) is 2.86. The zero-order valence-corrected chi connectivity index (χ0v) is 6.70. The van der Waals surface area contributed by atoms with E-state index >= 15 is 0 Å². The third-order valence-corrected chi connectivity index (χ3v) is 2.55. The second kappa shape index (κ2) is 3.09. The highest BCUT2D eigenvalue weighted by Crippen LogP contribution is 2.20. The summed E-state index contributed by atoms with van der Waals surface area (Å²) in [6.45, 7) is 3.41. The summed E-state index contributed by atoms with van der Waals surface area (Å²) in [5, 5.41) is 8.99. The van der Waals surface area contributed by atoms with Gasteiger partial charge in [-0.3, -0.25) is 4.90 Å². The molecule has 0 saturated carbocycles. The van der Waals surface area contributed by atoms with Gasteiger partial charge in [0.05, 0.1) is 19.3 Å². The van der Waals surface area contributed by atoms with Crippen molar-refractivity contribution in [3.63, 3.8) is 0 Å². The van der Waals surface area contributed by atoms with Crippen LogP contribution in [0.4, 0.5) is 0 Å². The van der Waals surface area contributed by atoms with Crippen LogP contribution in [-0.2, 0) is 4.74 Å². The van der Waals surface area contributed by atoms with Gasteiger partial charge in [0.25, 0.3) is 0 Å². The van der Waals surface area contributed by atoms with Crippen molar-refractivity contribution in [3.8, 4) is 0 Å². The summed E-state index contributed by atoms with van der Waals surface area (Å²) in [5.41, 5.74) is 0. The molecule has 0 radical (unpaired) electrons. The number of rotatable bonds is 3. The molecule has 3 nitrogen and oxygen atoms in total. The molecule has 0 bridgehead atoms. The van der Waals surface area contributed by atoms with Crippen molar-refractivity contribution in [2.45, 2.75) is 25.0 Å². The average Bonchev–Trinajstić information content (AvgIpc) is 2.68. The summed E-state index contributed by atoms with van der Waals surface area (Å²) in [7, 11) is 0. The van der Waals surface area contributed by atoms with E-state index in [1.807, 2.05) is 0 Å². The Kier molecular flexibility index (Phi) is 2.11. The SMILES string of the molecule is OC[C@H]1CCCN1CC1CO1. The van der Waals surface area contributed by atoms with Crippen molar-refractivity contribution in [3.05, 3.63) is 0 Å². The molecule has 1 N–H and O–H groups in total. The lowest BCUT2D eigenvalue weighted by atomic mass is 10.2. The highest BCUT2D eigenvalue weighted by molar-refractivity contribution is 4.83. The van der Waals surface area contributed by atoms with E-state index in [2.05, 4.69) is 4.90 Å². The second-order valence-electron chi connectivity index (χ2n) is 3.43. The molecule has 3 heteroatoms. The lowest BCUT2D eigenvalue weighted by molar-refractivity contribution is 0.150. The lowest BCUT2D eigenvalue weighted by Crippen LogP contribution is -2.35. The zero-order chi connectivity index (χ0) is 7.68. The quantitative estimate of drug-likeness (QED) is 0.578. The van der Waals surface area contributed by atoms with Crippen molar-refractivity contribution in [1.29, 1.82) is 0 Å². The predicted molar refractivity (Wildman–Crippen MR) is 41.4 cm³/mol. The van der Waals surface area contributed by atoms with Crippen LogP contribution in [0.1, 0.15) is 12.8 Å². The van der Waals surface area contributed by atoms with E-state index in [9.17, 15) is 0 Å². The van der Waals surface area contributed by atoms with Crippen LogP contribution in [0.5, 0.6) is 0 Å². The Balaban J connectivity index is 1.79. The van der Waals surface area contributed by atoms with Crippen LogP contribution in [0.3, 0.4) is 0 Å².